The van der Waals surface area contributed by atoms with Crippen molar-refractivity contribution in [3.63, 3.8) is 0 Å². The van der Waals surface area contributed by atoms with Crippen LogP contribution in [0.1, 0.15) is 95.8 Å². The predicted molar refractivity (Wildman–Crippen MR) is 137 cm³/mol. The quantitative estimate of drug-likeness (QED) is 0.179. The molecule has 0 amide bonds. The van der Waals surface area contributed by atoms with Gasteiger partial charge in [-0.3, -0.25) is 9.36 Å². The zero-order valence-corrected chi connectivity index (χ0v) is 21.5. The predicted octanol–water partition coefficient (Wildman–Crippen LogP) is 6.35. The van der Waals surface area contributed by atoms with E-state index in [-0.39, 0.29) is 17.3 Å². The summed E-state index contributed by atoms with van der Waals surface area (Å²) in [6.07, 6.45) is 10.9. The molecule has 2 rings (SSSR count). The normalized spacial score (nSPS) is 16.4. The van der Waals surface area contributed by atoms with Gasteiger partial charge in [0.05, 0.1) is 5.71 Å². The highest BCUT2D eigenvalue weighted by atomic mass is 19.1. The van der Waals surface area contributed by atoms with Crippen molar-refractivity contribution in [3.8, 4) is 0 Å². The standard InChI is InChI=1S/C15H24FNO.C12H18N2O2/c1-5-8-13(9-6-2)15(17-18)12(4)10-11-14(16)7-3;1-3-5-9-8(2)13-11-10(15)6-4-7-14(11)12(9)16/h7,10-11,13,18H,4-6,8-9H2,1-3H3;10,15H,3-7H2,1-2H3/b11-10-,14-7+,17-15+;. The molecule has 1 unspecified atom stereocenters. The van der Waals surface area contributed by atoms with Crippen LogP contribution in [0.2, 0.25) is 0 Å². The highest BCUT2D eigenvalue weighted by Gasteiger charge is 2.22. The number of aryl methyl sites for hydroxylation is 1. The molecule has 0 bridgehead atoms. The number of hydrogen-bond donors (Lipinski definition) is 2. The lowest BCUT2D eigenvalue weighted by atomic mass is 9.89. The van der Waals surface area contributed by atoms with Gasteiger partial charge in [0.15, 0.2) is 0 Å². The van der Waals surface area contributed by atoms with Gasteiger partial charge >= 0.3 is 0 Å². The van der Waals surface area contributed by atoms with Crippen molar-refractivity contribution in [3.05, 3.63) is 63.6 Å². The van der Waals surface area contributed by atoms with E-state index in [9.17, 15) is 14.3 Å². The number of allylic oxidation sites excluding steroid dienone is 5. The Labute approximate surface area is 203 Å². The average molecular weight is 476 g/mol. The van der Waals surface area contributed by atoms with E-state index < -0.39 is 6.10 Å². The highest BCUT2D eigenvalue weighted by molar-refractivity contribution is 6.03. The summed E-state index contributed by atoms with van der Waals surface area (Å²) in [6.45, 7) is 14.3. The van der Waals surface area contributed by atoms with Gasteiger partial charge in [0.1, 0.15) is 17.8 Å². The summed E-state index contributed by atoms with van der Waals surface area (Å²) < 4.78 is 14.6. The second-order valence-electron chi connectivity index (χ2n) is 8.69. The lowest BCUT2D eigenvalue weighted by molar-refractivity contribution is 0.130. The molecule has 0 aliphatic carbocycles. The zero-order chi connectivity index (χ0) is 25.7. The molecule has 1 aromatic heterocycles. The molecule has 1 atom stereocenters. The summed E-state index contributed by atoms with van der Waals surface area (Å²) in [4.78, 5) is 16.6. The lowest BCUT2D eigenvalue weighted by Gasteiger charge is -2.23. The van der Waals surface area contributed by atoms with Gasteiger partial charge in [-0.1, -0.05) is 63.9 Å². The Morgan fingerprint density at radius 3 is 2.44 bits per heavy atom. The molecule has 0 radical (unpaired) electrons. The zero-order valence-electron chi connectivity index (χ0n) is 21.5. The Bertz CT molecular complexity index is 941. The second kappa shape index (κ2) is 15.4. The highest BCUT2D eigenvalue weighted by Crippen LogP contribution is 2.22. The molecule has 0 aromatic carbocycles. The number of rotatable bonds is 10. The van der Waals surface area contributed by atoms with E-state index in [0.29, 0.717) is 30.1 Å². The molecule has 1 aromatic rings. The molecule has 1 aliphatic heterocycles. The van der Waals surface area contributed by atoms with Crippen LogP contribution in [0.5, 0.6) is 0 Å². The van der Waals surface area contributed by atoms with Gasteiger partial charge in [0, 0.05) is 23.7 Å². The summed E-state index contributed by atoms with van der Waals surface area (Å²) in [5.41, 5.74) is 2.77. The van der Waals surface area contributed by atoms with Crippen molar-refractivity contribution >= 4 is 5.71 Å². The third-order valence-corrected chi connectivity index (χ3v) is 5.97. The first-order chi connectivity index (χ1) is 16.2. The van der Waals surface area contributed by atoms with E-state index in [2.05, 4.69) is 37.5 Å². The van der Waals surface area contributed by atoms with Crippen molar-refractivity contribution in [2.45, 2.75) is 98.6 Å². The average Bonchev–Trinajstić information content (AvgIpc) is 2.82. The number of aromatic nitrogens is 2. The third kappa shape index (κ3) is 8.35. The number of oxime groups is 1. The fourth-order valence-corrected chi connectivity index (χ4v) is 4.19. The van der Waals surface area contributed by atoms with Gasteiger partial charge in [-0.15, -0.1) is 0 Å². The molecule has 0 fully saturated rings. The molecular formula is C27H42FN3O3. The van der Waals surface area contributed by atoms with Crippen molar-refractivity contribution in [2.24, 2.45) is 11.1 Å². The first-order valence-corrected chi connectivity index (χ1v) is 12.4. The first kappa shape index (κ1) is 29.5. The smallest absolute Gasteiger partial charge is 0.257 e. The Hall–Kier alpha value is -2.54. The van der Waals surface area contributed by atoms with Gasteiger partial charge in [-0.2, -0.15) is 0 Å². The largest absolute Gasteiger partial charge is 0.411 e. The maximum absolute atomic E-state index is 13.0. The van der Waals surface area contributed by atoms with Crippen LogP contribution < -0.4 is 5.56 Å². The van der Waals surface area contributed by atoms with Gasteiger partial charge in [-0.05, 0) is 57.6 Å². The minimum Gasteiger partial charge on any atom is -0.411 e. The number of aliphatic hydroxyl groups excluding tert-OH is 1. The lowest BCUT2D eigenvalue weighted by Crippen LogP contribution is -2.33. The van der Waals surface area contributed by atoms with Crippen LogP contribution in [-0.2, 0) is 13.0 Å². The Morgan fingerprint density at radius 2 is 1.91 bits per heavy atom. The molecule has 0 saturated heterocycles. The van der Waals surface area contributed by atoms with Crippen LogP contribution in [0, 0.1) is 12.8 Å². The van der Waals surface area contributed by atoms with Gasteiger partial charge in [0.25, 0.3) is 5.56 Å². The number of nitrogens with zero attached hydrogens (tertiary/aromatic N) is 3. The molecule has 7 heteroatoms. The topological polar surface area (TPSA) is 87.7 Å². The monoisotopic (exact) mass is 475 g/mol. The van der Waals surface area contributed by atoms with E-state index in [1.807, 2.05) is 6.92 Å². The van der Waals surface area contributed by atoms with Gasteiger partial charge in [0.2, 0.25) is 0 Å². The van der Waals surface area contributed by atoms with Crippen molar-refractivity contribution < 1.29 is 14.7 Å². The molecule has 2 heterocycles. The molecule has 2 N–H and O–H groups in total. The van der Waals surface area contributed by atoms with E-state index in [0.717, 1.165) is 56.2 Å². The number of hydrogen-bond acceptors (Lipinski definition) is 5. The Kier molecular flexibility index (Phi) is 13.3. The fraction of sp³-hybridized carbons (Fsp3) is 0.593. The van der Waals surface area contributed by atoms with Crippen molar-refractivity contribution in [1.29, 1.82) is 0 Å². The maximum atomic E-state index is 13.0. The summed E-state index contributed by atoms with van der Waals surface area (Å²) in [5, 5.41) is 22.3. The third-order valence-electron chi connectivity index (χ3n) is 5.97. The summed E-state index contributed by atoms with van der Waals surface area (Å²) >= 11 is 0. The summed E-state index contributed by atoms with van der Waals surface area (Å²) in [6, 6.07) is 0. The molecule has 0 saturated carbocycles. The molecule has 34 heavy (non-hydrogen) atoms. The molecule has 190 valence electrons. The van der Waals surface area contributed by atoms with Crippen molar-refractivity contribution in [2.75, 3.05) is 0 Å². The van der Waals surface area contributed by atoms with E-state index in [1.165, 1.54) is 12.2 Å². The first-order valence-electron chi connectivity index (χ1n) is 12.4. The fourth-order valence-electron chi connectivity index (χ4n) is 4.19. The summed E-state index contributed by atoms with van der Waals surface area (Å²) in [5.74, 6) is 0.417. The number of halogens is 1. The Morgan fingerprint density at radius 1 is 1.26 bits per heavy atom. The van der Waals surface area contributed by atoms with Crippen LogP contribution in [0.15, 0.2) is 46.2 Å². The summed E-state index contributed by atoms with van der Waals surface area (Å²) in [7, 11) is 0. The van der Waals surface area contributed by atoms with E-state index >= 15 is 0 Å². The van der Waals surface area contributed by atoms with Gasteiger partial charge < -0.3 is 10.3 Å². The SMILES string of the molecule is C=C(/C=C\C(F)=C/C)/C(=N\O)C(CCC)CCC.CCCc1c(C)nc2n(c1=O)CCCC2O. The Balaban J connectivity index is 0.000000341. The molecule has 1 aliphatic rings. The van der Waals surface area contributed by atoms with Crippen LogP contribution in [0.4, 0.5) is 4.39 Å². The molecular weight excluding hydrogens is 433 g/mol. The van der Waals surface area contributed by atoms with Crippen LogP contribution >= 0.6 is 0 Å². The number of aliphatic hydroxyl groups is 1. The van der Waals surface area contributed by atoms with Crippen LogP contribution in [-0.4, -0.2) is 25.6 Å². The maximum Gasteiger partial charge on any atom is 0.257 e. The van der Waals surface area contributed by atoms with Crippen molar-refractivity contribution in [1.82, 2.24) is 9.55 Å². The van der Waals surface area contributed by atoms with E-state index in [1.54, 1.807) is 17.6 Å². The minimum atomic E-state index is -0.573. The number of fused-ring (bicyclic) bond motifs is 1. The molecule has 6 nitrogen and oxygen atoms in total. The molecule has 0 spiro atoms. The van der Waals surface area contributed by atoms with Gasteiger partial charge in [-0.25, -0.2) is 9.37 Å². The van der Waals surface area contributed by atoms with E-state index in [4.69, 9.17) is 5.21 Å². The minimum absolute atomic E-state index is 0.0445. The van der Waals surface area contributed by atoms with Crippen LogP contribution in [0.3, 0.4) is 0 Å². The second-order valence-corrected chi connectivity index (χ2v) is 8.69. The van der Waals surface area contributed by atoms with Crippen LogP contribution in [0.25, 0.3) is 0 Å².